The maximum absolute atomic E-state index is 12.9. The van der Waals surface area contributed by atoms with Gasteiger partial charge in [0.1, 0.15) is 17.3 Å². The fourth-order valence-electron chi connectivity index (χ4n) is 4.32. The van der Waals surface area contributed by atoms with Crippen molar-refractivity contribution in [2.45, 2.75) is 30.7 Å². The van der Waals surface area contributed by atoms with Crippen molar-refractivity contribution in [3.8, 4) is 34.0 Å². The van der Waals surface area contributed by atoms with Gasteiger partial charge >= 0.3 is 5.97 Å². The number of carboxylic acids is 1. The summed E-state index contributed by atoms with van der Waals surface area (Å²) in [6, 6.07) is 9.90. The van der Waals surface area contributed by atoms with Gasteiger partial charge in [-0.2, -0.15) is 0 Å². The topological polar surface area (TPSA) is 239 Å². The molecule has 0 aliphatic heterocycles. The number of hydrogen-bond donors (Lipinski definition) is 7. The Hall–Kier alpha value is -5.21. The Morgan fingerprint density at radius 1 is 1.05 bits per heavy atom. The van der Waals surface area contributed by atoms with E-state index >= 15 is 0 Å². The second-order valence-electron chi connectivity index (χ2n) is 9.61. The molecule has 1 heterocycles. The molecule has 0 radical (unpaired) electrons. The number of aromatic nitrogens is 2. The third-order valence-electron chi connectivity index (χ3n) is 6.43. The number of sulfonamides is 1. The van der Waals surface area contributed by atoms with Gasteiger partial charge in [0.15, 0.2) is 5.78 Å². The molecule has 9 N–H and O–H groups in total. The maximum atomic E-state index is 12.9. The Kier molecular flexibility index (Phi) is 8.04. The molecule has 218 valence electrons. The first-order valence-electron chi connectivity index (χ1n) is 12.3. The molecule has 4 rings (SSSR count). The molecule has 13 nitrogen and oxygen atoms in total. The largest absolute Gasteiger partial charge is 0.507 e. The van der Waals surface area contributed by atoms with Crippen LogP contribution >= 0.6 is 0 Å². The molecule has 1 atom stereocenters. The standard InChI is InChI=1S/C28H27N5O8S/c1-13(29)16-3-5-21-23(10-16)33-28(32-21)20-8-15(9-25(36)31-22(14(2)34)12-26(37)38)7-19(27(20)39)18-11-17(42(30,40)41)4-6-24(18)35/h3-8,10-11,22,35,39H,1,9,12,29H2,2H3,(H,31,36)(H,32,33)(H,37,38)(H2,30,40,41)/t22-/m1/s1. The lowest BCUT2D eigenvalue weighted by atomic mass is 9.95. The van der Waals surface area contributed by atoms with E-state index in [1.165, 1.54) is 12.1 Å². The number of aromatic hydroxyl groups is 2. The number of phenols is 2. The number of carbonyl (C=O) groups is 3. The van der Waals surface area contributed by atoms with Crippen LogP contribution in [0.5, 0.6) is 11.5 Å². The first kappa shape index (κ1) is 29.8. The summed E-state index contributed by atoms with van der Waals surface area (Å²) in [6.07, 6.45) is -0.992. The average Bonchev–Trinajstić information content (AvgIpc) is 3.32. The summed E-state index contributed by atoms with van der Waals surface area (Å²) in [5.41, 5.74) is 7.99. The van der Waals surface area contributed by atoms with E-state index in [0.29, 0.717) is 22.3 Å². The summed E-state index contributed by atoms with van der Waals surface area (Å²) < 4.78 is 24.0. The molecule has 0 aliphatic carbocycles. The lowest BCUT2D eigenvalue weighted by Crippen LogP contribution is -2.41. The number of nitrogens with one attached hydrogen (secondary N) is 2. The highest BCUT2D eigenvalue weighted by atomic mass is 32.2. The highest BCUT2D eigenvalue weighted by Gasteiger charge is 2.23. The van der Waals surface area contributed by atoms with Crippen molar-refractivity contribution in [1.82, 2.24) is 15.3 Å². The van der Waals surface area contributed by atoms with Crippen LogP contribution < -0.4 is 16.2 Å². The van der Waals surface area contributed by atoms with E-state index in [0.717, 1.165) is 25.1 Å². The number of nitrogens with zero attached hydrogens (tertiary/aromatic N) is 1. The predicted octanol–water partition coefficient (Wildman–Crippen LogP) is 1.98. The minimum Gasteiger partial charge on any atom is -0.507 e. The Balaban J connectivity index is 1.87. The average molecular weight is 594 g/mol. The van der Waals surface area contributed by atoms with Gasteiger partial charge < -0.3 is 31.4 Å². The minimum atomic E-state index is -4.19. The predicted molar refractivity (Wildman–Crippen MR) is 153 cm³/mol. The molecule has 0 bridgehead atoms. The molecule has 0 saturated heterocycles. The van der Waals surface area contributed by atoms with Crippen LogP contribution in [0.3, 0.4) is 0 Å². The number of nitrogens with two attached hydrogens (primary N) is 2. The minimum absolute atomic E-state index is 0.0524. The van der Waals surface area contributed by atoms with Crippen LogP contribution in [0.25, 0.3) is 39.2 Å². The van der Waals surface area contributed by atoms with Gasteiger partial charge in [0.2, 0.25) is 15.9 Å². The quantitative estimate of drug-likeness (QED) is 0.141. The number of amides is 1. The van der Waals surface area contributed by atoms with Crippen molar-refractivity contribution in [3.05, 3.63) is 66.2 Å². The van der Waals surface area contributed by atoms with Gasteiger partial charge in [0.25, 0.3) is 0 Å². The Bertz CT molecular complexity index is 1880. The second kappa shape index (κ2) is 11.3. The second-order valence-corrected chi connectivity index (χ2v) is 11.2. The van der Waals surface area contributed by atoms with E-state index in [1.807, 2.05) is 0 Å². The van der Waals surface area contributed by atoms with E-state index in [9.17, 15) is 33.0 Å². The molecule has 1 amide bonds. The first-order chi connectivity index (χ1) is 19.6. The van der Waals surface area contributed by atoms with Crippen LogP contribution in [-0.2, 0) is 30.8 Å². The Morgan fingerprint density at radius 2 is 1.74 bits per heavy atom. The lowest BCUT2D eigenvalue weighted by Gasteiger charge is -2.16. The fraction of sp³-hybridized carbons (Fsp3) is 0.143. The van der Waals surface area contributed by atoms with Crippen LogP contribution in [0.15, 0.2) is 60.0 Å². The van der Waals surface area contributed by atoms with Crippen molar-refractivity contribution >= 4 is 44.4 Å². The zero-order chi connectivity index (χ0) is 30.9. The van der Waals surface area contributed by atoms with Crippen LogP contribution in [0.4, 0.5) is 0 Å². The molecule has 0 unspecified atom stereocenters. The number of H-pyrrole nitrogens is 1. The van der Waals surface area contributed by atoms with Crippen LogP contribution in [0, 0.1) is 0 Å². The molecular formula is C28H27N5O8S. The van der Waals surface area contributed by atoms with E-state index < -0.39 is 45.9 Å². The van der Waals surface area contributed by atoms with E-state index in [1.54, 1.807) is 18.2 Å². The van der Waals surface area contributed by atoms with Crippen molar-refractivity contribution < 1.29 is 38.1 Å². The summed E-state index contributed by atoms with van der Waals surface area (Å²) in [5.74, 6) is -3.15. The van der Waals surface area contributed by atoms with E-state index in [4.69, 9.17) is 16.0 Å². The molecule has 0 fully saturated rings. The van der Waals surface area contributed by atoms with Gasteiger partial charge in [-0.15, -0.1) is 0 Å². The lowest BCUT2D eigenvalue weighted by molar-refractivity contribution is -0.139. The Labute approximate surface area is 239 Å². The molecule has 0 spiro atoms. The number of benzene rings is 3. The highest BCUT2D eigenvalue weighted by Crippen LogP contribution is 2.42. The number of phenolic OH excluding ortho intramolecular Hbond substituents is 2. The summed E-state index contributed by atoms with van der Waals surface area (Å²) in [7, 11) is -4.19. The third kappa shape index (κ3) is 6.40. The summed E-state index contributed by atoms with van der Waals surface area (Å²) in [5, 5.41) is 38.7. The molecule has 0 aliphatic rings. The van der Waals surface area contributed by atoms with Crippen molar-refractivity contribution in [1.29, 1.82) is 0 Å². The first-order valence-corrected chi connectivity index (χ1v) is 13.9. The fourth-order valence-corrected chi connectivity index (χ4v) is 4.86. The van der Waals surface area contributed by atoms with Gasteiger partial charge in [0, 0.05) is 16.8 Å². The van der Waals surface area contributed by atoms with Gasteiger partial charge in [-0.25, -0.2) is 18.5 Å². The Morgan fingerprint density at radius 3 is 2.36 bits per heavy atom. The van der Waals surface area contributed by atoms with Gasteiger partial charge in [-0.1, -0.05) is 12.6 Å². The normalized spacial score (nSPS) is 12.1. The molecule has 3 aromatic carbocycles. The van der Waals surface area contributed by atoms with Gasteiger partial charge in [0.05, 0.1) is 40.4 Å². The molecule has 14 heteroatoms. The number of aromatic amines is 1. The SMILES string of the molecule is C=C(N)c1ccc2[nH]c(-c3cc(CC(=O)N[C@H](CC(=O)O)C(C)=O)cc(-c4cc(S(N)(=O)=O)ccc4O)c3O)nc2c1. The number of hydrogen-bond acceptors (Lipinski definition) is 9. The summed E-state index contributed by atoms with van der Waals surface area (Å²) >= 11 is 0. The zero-order valence-corrected chi connectivity index (χ0v) is 23.0. The van der Waals surface area contributed by atoms with Crippen LogP contribution in [-0.4, -0.2) is 57.4 Å². The highest BCUT2D eigenvalue weighted by molar-refractivity contribution is 7.89. The number of primary sulfonamides is 1. The number of carbonyl (C=O) groups excluding carboxylic acids is 2. The van der Waals surface area contributed by atoms with Crippen LogP contribution in [0.1, 0.15) is 24.5 Å². The zero-order valence-electron chi connectivity index (χ0n) is 22.2. The number of aliphatic carboxylic acids is 1. The molecule has 1 aromatic heterocycles. The maximum Gasteiger partial charge on any atom is 0.305 e. The number of carboxylic acid groups (broad SMARTS) is 1. The number of rotatable bonds is 10. The third-order valence-corrected chi connectivity index (χ3v) is 7.35. The number of imidazole rings is 1. The summed E-state index contributed by atoms with van der Waals surface area (Å²) in [4.78, 5) is 43.1. The van der Waals surface area contributed by atoms with Crippen molar-refractivity contribution in [2.75, 3.05) is 0 Å². The monoisotopic (exact) mass is 593 g/mol. The van der Waals surface area contributed by atoms with Crippen LogP contribution in [0.2, 0.25) is 0 Å². The smallest absolute Gasteiger partial charge is 0.305 e. The van der Waals surface area contributed by atoms with Crippen molar-refractivity contribution in [2.24, 2.45) is 10.9 Å². The number of ketones is 1. The number of Topliss-reactive ketones (excluding diaryl/α,β-unsaturated/α-hetero) is 1. The van der Waals surface area contributed by atoms with Gasteiger partial charge in [-0.05, 0) is 60.5 Å². The summed E-state index contributed by atoms with van der Waals surface area (Å²) in [6.45, 7) is 4.86. The van der Waals surface area contributed by atoms with Gasteiger partial charge in [-0.3, -0.25) is 14.4 Å². The molecular weight excluding hydrogens is 566 g/mol. The van der Waals surface area contributed by atoms with Crippen molar-refractivity contribution in [3.63, 3.8) is 0 Å². The molecule has 0 saturated carbocycles. The number of fused-ring (bicyclic) bond motifs is 1. The van der Waals surface area contributed by atoms with E-state index in [-0.39, 0.29) is 45.1 Å². The molecule has 42 heavy (non-hydrogen) atoms. The molecule has 4 aromatic rings. The van der Waals surface area contributed by atoms with E-state index in [2.05, 4.69) is 21.9 Å².